The highest BCUT2D eigenvalue weighted by molar-refractivity contribution is 6.10. The summed E-state index contributed by atoms with van der Waals surface area (Å²) in [6.07, 6.45) is -3.01. The predicted octanol–water partition coefficient (Wildman–Crippen LogP) is 5.38. The molecule has 0 bridgehead atoms. The molecule has 2 aromatic carbocycles. The van der Waals surface area contributed by atoms with Gasteiger partial charge < -0.3 is 14.6 Å². The Kier molecular flexibility index (Phi) is 7.65. The molecule has 12 heteroatoms. The van der Waals surface area contributed by atoms with Crippen LogP contribution in [-0.4, -0.2) is 62.9 Å². The summed E-state index contributed by atoms with van der Waals surface area (Å²) < 4.78 is 50.5. The molecule has 1 saturated heterocycles. The Balaban J connectivity index is 1.40. The van der Waals surface area contributed by atoms with E-state index in [1.54, 1.807) is 23.0 Å². The van der Waals surface area contributed by atoms with E-state index in [1.165, 1.54) is 11.0 Å². The first-order chi connectivity index (χ1) is 20.6. The molecule has 0 unspecified atom stereocenters. The molecule has 9 nitrogen and oxygen atoms in total. The van der Waals surface area contributed by atoms with Crippen LogP contribution in [-0.2, 0) is 31.1 Å². The Hall–Kier alpha value is -4.29. The summed E-state index contributed by atoms with van der Waals surface area (Å²) in [7, 11) is 1.85. The van der Waals surface area contributed by atoms with Crippen molar-refractivity contribution in [1.29, 1.82) is 0 Å². The van der Waals surface area contributed by atoms with Gasteiger partial charge >= 0.3 is 6.18 Å². The lowest BCUT2D eigenvalue weighted by atomic mass is 9.98. The lowest BCUT2D eigenvalue weighted by molar-refractivity contribution is -0.138. The fraction of sp³-hybridized carbons (Fsp3) is 0.355. The van der Waals surface area contributed by atoms with Gasteiger partial charge in [0, 0.05) is 44.4 Å². The normalized spacial score (nSPS) is 17.4. The monoisotopic (exact) mass is 591 g/mol. The Morgan fingerprint density at radius 2 is 1.88 bits per heavy atom. The maximum atomic E-state index is 14.4. The number of carbonyl (C=O) groups is 1. The summed E-state index contributed by atoms with van der Waals surface area (Å²) >= 11 is 0. The summed E-state index contributed by atoms with van der Waals surface area (Å²) in [6, 6.07) is 14.0. The summed E-state index contributed by atoms with van der Waals surface area (Å²) in [6.45, 7) is 6.23. The third-order valence-electron chi connectivity index (χ3n) is 7.77. The van der Waals surface area contributed by atoms with Gasteiger partial charge in [0.1, 0.15) is 18.0 Å². The quantitative estimate of drug-likeness (QED) is 0.309. The number of aromatic nitrogens is 4. The van der Waals surface area contributed by atoms with Crippen molar-refractivity contribution in [2.45, 2.75) is 39.2 Å². The summed E-state index contributed by atoms with van der Waals surface area (Å²) in [5.74, 6) is 0.913. The number of ether oxygens (including phenoxy) is 1. The number of nitrogens with zero attached hydrogens (tertiary/aromatic N) is 6. The highest BCUT2D eigenvalue weighted by Gasteiger charge is 2.41. The fourth-order valence-corrected chi connectivity index (χ4v) is 5.83. The van der Waals surface area contributed by atoms with Gasteiger partial charge in [0.15, 0.2) is 5.82 Å². The van der Waals surface area contributed by atoms with E-state index < -0.39 is 17.6 Å². The minimum Gasteiger partial charge on any atom is -0.376 e. The van der Waals surface area contributed by atoms with E-state index in [9.17, 15) is 18.0 Å². The maximum Gasteiger partial charge on any atom is 0.416 e. The zero-order chi connectivity index (χ0) is 30.3. The van der Waals surface area contributed by atoms with Gasteiger partial charge in [-0.25, -0.2) is 4.98 Å². The number of alkyl halides is 3. The van der Waals surface area contributed by atoms with Gasteiger partial charge in [0.2, 0.25) is 0 Å². The number of morpholine rings is 1. The van der Waals surface area contributed by atoms with Crippen LogP contribution in [0.4, 0.5) is 24.8 Å². The third kappa shape index (κ3) is 5.72. The average molecular weight is 592 g/mol. The lowest BCUT2D eigenvalue weighted by Crippen LogP contribution is -2.40. The van der Waals surface area contributed by atoms with Crippen molar-refractivity contribution < 1.29 is 22.7 Å². The van der Waals surface area contributed by atoms with E-state index >= 15 is 0 Å². The minimum atomic E-state index is -4.62. The largest absolute Gasteiger partial charge is 0.416 e. The topological polar surface area (TPSA) is 88.4 Å². The smallest absolute Gasteiger partial charge is 0.376 e. The van der Waals surface area contributed by atoms with Crippen LogP contribution in [0.3, 0.4) is 0 Å². The molecule has 2 aromatic heterocycles. The number of aryl methyl sites for hydroxylation is 1. The van der Waals surface area contributed by atoms with Crippen molar-refractivity contribution in [3.05, 3.63) is 77.1 Å². The van der Waals surface area contributed by atoms with Crippen LogP contribution in [0, 0.1) is 0 Å². The van der Waals surface area contributed by atoms with Crippen molar-refractivity contribution >= 4 is 17.5 Å². The van der Waals surface area contributed by atoms with Crippen LogP contribution in [0.25, 0.3) is 22.5 Å². The second-order valence-corrected chi connectivity index (χ2v) is 10.9. The molecule has 6 rings (SSSR count). The Bertz CT molecular complexity index is 1670. The van der Waals surface area contributed by atoms with Gasteiger partial charge in [0.05, 0.1) is 24.8 Å². The second-order valence-electron chi connectivity index (χ2n) is 10.9. The van der Waals surface area contributed by atoms with Crippen molar-refractivity contribution in [3.63, 3.8) is 0 Å². The molecule has 1 fully saturated rings. The first-order valence-electron chi connectivity index (χ1n) is 14.2. The number of nitrogens with one attached hydrogen (secondary N) is 1. The van der Waals surface area contributed by atoms with Crippen LogP contribution >= 0.6 is 0 Å². The number of hydrogen-bond donors (Lipinski definition) is 1. The number of benzene rings is 2. The molecule has 2 aliphatic rings. The van der Waals surface area contributed by atoms with Crippen LogP contribution in [0.2, 0.25) is 0 Å². The van der Waals surface area contributed by atoms with E-state index in [4.69, 9.17) is 4.74 Å². The molecule has 43 heavy (non-hydrogen) atoms. The average Bonchev–Trinajstić information content (AvgIpc) is 3.55. The number of carbonyl (C=O) groups excluding carboxylic acids is 1. The molecule has 2 aliphatic heterocycles. The standard InChI is InChI=1S/C31H32F3N7O2/c1-4-35-27-13-21(22-7-5-6-8-23(22)29-38-36-18-39(29)3)14-28(37-27)41-17-25-24(30(41)42)11-20(12-26(25)31(32,33)34)16-40-9-10-43-19(2)15-40/h5-8,11-14,18-19H,4,9-10,15-17H2,1-3H3,(H,35,37)/t19-/m0/s1. The lowest BCUT2D eigenvalue weighted by Gasteiger charge is -2.31. The third-order valence-corrected chi connectivity index (χ3v) is 7.77. The molecule has 1 amide bonds. The number of fused-ring (bicyclic) bond motifs is 1. The Morgan fingerprint density at radius 1 is 1.09 bits per heavy atom. The van der Waals surface area contributed by atoms with E-state index in [0.717, 1.165) is 16.7 Å². The highest BCUT2D eigenvalue weighted by Crippen LogP contribution is 2.41. The predicted molar refractivity (Wildman–Crippen MR) is 156 cm³/mol. The van der Waals surface area contributed by atoms with E-state index in [1.807, 2.05) is 51.2 Å². The van der Waals surface area contributed by atoms with Gasteiger partial charge in [-0.2, -0.15) is 13.2 Å². The Labute approximate surface area is 247 Å². The molecular formula is C31H32F3N7O2. The van der Waals surface area contributed by atoms with E-state index in [2.05, 4.69) is 25.4 Å². The summed E-state index contributed by atoms with van der Waals surface area (Å²) in [5, 5.41) is 11.5. The van der Waals surface area contributed by atoms with Crippen molar-refractivity contribution in [1.82, 2.24) is 24.6 Å². The van der Waals surface area contributed by atoms with Crippen molar-refractivity contribution in [2.24, 2.45) is 7.05 Å². The molecular weight excluding hydrogens is 559 g/mol. The number of hydrogen-bond acceptors (Lipinski definition) is 7. The molecule has 0 aliphatic carbocycles. The molecule has 0 saturated carbocycles. The molecule has 1 N–H and O–H groups in total. The summed E-state index contributed by atoms with van der Waals surface area (Å²) in [4.78, 5) is 21.9. The Morgan fingerprint density at radius 3 is 2.58 bits per heavy atom. The van der Waals surface area contributed by atoms with E-state index in [0.29, 0.717) is 50.0 Å². The van der Waals surface area contributed by atoms with E-state index in [-0.39, 0.29) is 29.6 Å². The van der Waals surface area contributed by atoms with Gasteiger partial charge in [-0.05, 0) is 60.4 Å². The molecule has 4 heterocycles. The van der Waals surface area contributed by atoms with Gasteiger partial charge in [-0.15, -0.1) is 10.2 Å². The first kappa shape index (κ1) is 28.8. The molecule has 224 valence electrons. The molecule has 0 spiro atoms. The van der Waals surface area contributed by atoms with Crippen LogP contribution in [0.15, 0.2) is 54.9 Å². The molecule has 1 atom stereocenters. The minimum absolute atomic E-state index is 0.00883. The fourth-order valence-electron chi connectivity index (χ4n) is 5.83. The van der Waals surface area contributed by atoms with Crippen LogP contribution in [0.5, 0.6) is 0 Å². The zero-order valence-electron chi connectivity index (χ0n) is 24.1. The van der Waals surface area contributed by atoms with Gasteiger partial charge in [0.25, 0.3) is 5.91 Å². The first-order valence-corrected chi connectivity index (χ1v) is 14.2. The number of anilines is 2. The molecule has 0 radical (unpaired) electrons. The zero-order valence-corrected chi connectivity index (χ0v) is 24.1. The number of pyridine rings is 1. The number of rotatable bonds is 7. The van der Waals surface area contributed by atoms with Gasteiger partial charge in [-0.1, -0.05) is 24.3 Å². The SMILES string of the molecule is CCNc1cc(-c2ccccc2-c2nncn2C)cc(N2Cc3c(cc(CN4CCO[C@@H](C)C4)cc3C(F)(F)F)C2=O)n1. The van der Waals surface area contributed by atoms with Crippen molar-refractivity contribution in [3.8, 4) is 22.5 Å². The number of amides is 1. The molecule has 4 aromatic rings. The van der Waals surface area contributed by atoms with Crippen LogP contribution in [0.1, 0.15) is 40.9 Å². The van der Waals surface area contributed by atoms with Crippen molar-refractivity contribution in [2.75, 3.05) is 36.5 Å². The number of halogens is 3. The second kappa shape index (κ2) is 11.4. The van der Waals surface area contributed by atoms with Crippen LogP contribution < -0.4 is 10.2 Å². The highest BCUT2D eigenvalue weighted by atomic mass is 19.4. The maximum absolute atomic E-state index is 14.4. The summed E-state index contributed by atoms with van der Waals surface area (Å²) in [5.41, 5.74) is 2.07. The van der Waals surface area contributed by atoms with Gasteiger partial charge in [-0.3, -0.25) is 14.6 Å².